The molecular formula is C12H14FNO2. The molecule has 4 heteroatoms. The van der Waals surface area contributed by atoms with Crippen molar-refractivity contribution in [3.05, 3.63) is 35.6 Å². The number of hydrogen-bond acceptors (Lipinski definition) is 3. The summed E-state index contributed by atoms with van der Waals surface area (Å²) < 4.78 is 18.3. The standard InChI is InChI=1S/C12H14FNO2/c1-14-12(11(15)16-2)7-9(12)8-5-3-4-6-10(8)13/h3-6,9,14H,7H2,1-2H3. The fraction of sp³-hybridized carbons (Fsp3) is 0.417. The lowest BCUT2D eigenvalue weighted by Gasteiger charge is -2.14. The molecule has 0 bridgehead atoms. The first-order valence-corrected chi connectivity index (χ1v) is 5.17. The number of benzene rings is 1. The summed E-state index contributed by atoms with van der Waals surface area (Å²) in [5.41, 5.74) is -0.168. The van der Waals surface area contributed by atoms with Gasteiger partial charge in [-0.3, -0.25) is 4.79 Å². The summed E-state index contributed by atoms with van der Waals surface area (Å²) in [5, 5.41) is 2.94. The SMILES string of the molecule is CNC1(C(=O)OC)CC1c1ccccc1F. The highest BCUT2D eigenvalue weighted by molar-refractivity contribution is 5.87. The Balaban J connectivity index is 2.28. The number of halogens is 1. The second-order valence-corrected chi connectivity index (χ2v) is 3.99. The summed E-state index contributed by atoms with van der Waals surface area (Å²) in [6.07, 6.45) is 0.580. The zero-order valence-corrected chi connectivity index (χ0v) is 9.29. The summed E-state index contributed by atoms with van der Waals surface area (Å²) in [6, 6.07) is 6.53. The zero-order chi connectivity index (χ0) is 11.8. The van der Waals surface area contributed by atoms with E-state index in [2.05, 4.69) is 5.32 Å². The van der Waals surface area contributed by atoms with Crippen molar-refractivity contribution in [3.63, 3.8) is 0 Å². The van der Waals surface area contributed by atoms with Crippen LogP contribution < -0.4 is 5.32 Å². The molecular weight excluding hydrogens is 209 g/mol. The predicted octanol–water partition coefficient (Wildman–Crippen LogP) is 1.44. The van der Waals surface area contributed by atoms with E-state index < -0.39 is 5.54 Å². The molecule has 2 unspecified atom stereocenters. The first-order valence-electron chi connectivity index (χ1n) is 5.17. The number of esters is 1. The quantitative estimate of drug-likeness (QED) is 0.788. The number of nitrogens with one attached hydrogen (secondary N) is 1. The van der Waals surface area contributed by atoms with E-state index in [1.54, 1.807) is 25.2 Å². The molecule has 2 atom stereocenters. The normalized spacial score (nSPS) is 27.6. The van der Waals surface area contributed by atoms with Crippen LogP contribution in [0.25, 0.3) is 0 Å². The molecule has 16 heavy (non-hydrogen) atoms. The lowest BCUT2D eigenvalue weighted by atomic mass is 10.1. The molecule has 2 rings (SSSR count). The van der Waals surface area contributed by atoms with Crippen LogP contribution in [0.15, 0.2) is 24.3 Å². The van der Waals surface area contributed by atoms with Gasteiger partial charge >= 0.3 is 5.97 Å². The topological polar surface area (TPSA) is 38.3 Å². The summed E-state index contributed by atoms with van der Waals surface area (Å²) >= 11 is 0. The maximum absolute atomic E-state index is 13.5. The van der Waals surface area contributed by atoms with Crippen LogP contribution >= 0.6 is 0 Å². The number of methoxy groups -OCH3 is 1. The van der Waals surface area contributed by atoms with Crippen molar-refractivity contribution in [3.8, 4) is 0 Å². The van der Waals surface area contributed by atoms with Gasteiger partial charge in [-0.05, 0) is 25.1 Å². The number of hydrogen-bond donors (Lipinski definition) is 1. The minimum absolute atomic E-state index is 0.133. The highest BCUT2D eigenvalue weighted by Crippen LogP contribution is 2.52. The Bertz CT molecular complexity index is 421. The zero-order valence-electron chi connectivity index (χ0n) is 9.29. The molecule has 1 aromatic rings. The van der Waals surface area contributed by atoms with Crippen molar-refractivity contribution in [2.75, 3.05) is 14.2 Å². The molecule has 1 N–H and O–H groups in total. The molecule has 0 saturated heterocycles. The Hall–Kier alpha value is -1.42. The van der Waals surface area contributed by atoms with Gasteiger partial charge in [-0.2, -0.15) is 0 Å². The molecule has 3 nitrogen and oxygen atoms in total. The largest absolute Gasteiger partial charge is 0.468 e. The summed E-state index contributed by atoms with van der Waals surface area (Å²) in [4.78, 5) is 11.6. The van der Waals surface area contributed by atoms with Crippen molar-refractivity contribution in [1.82, 2.24) is 5.32 Å². The highest BCUT2D eigenvalue weighted by atomic mass is 19.1. The average Bonchev–Trinajstić information content (AvgIpc) is 3.04. The molecule has 0 aliphatic heterocycles. The van der Waals surface area contributed by atoms with E-state index in [9.17, 15) is 9.18 Å². The molecule has 0 radical (unpaired) electrons. The van der Waals surface area contributed by atoms with E-state index in [-0.39, 0.29) is 17.7 Å². The Morgan fingerprint density at radius 1 is 1.56 bits per heavy atom. The van der Waals surface area contributed by atoms with Gasteiger partial charge in [0.25, 0.3) is 0 Å². The lowest BCUT2D eigenvalue weighted by Crippen LogP contribution is -2.39. The number of likely N-dealkylation sites (N-methyl/N-ethyl adjacent to an activating group) is 1. The molecule has 1 aliphatic rings. The van der Waals surface area contributed by atoms with E-state index in [1.165, 1.54) is 13.2 Å². The molecule has 0 aromatic heterocycles. The van der Waals surface area contributed by atoms with Gasteiger partial charge in [0, 0.05) is 5.92 Å². The van der Waals surface area contributed by atoms with Crippen LogP contribution in [0.1, 0.15) is 17.9 Å². The second kappa shape index (κ2) is 3.87. The monoisotopic (exact) mass is 223 g/mol. The second-order valence-electron chi connectivity index (χ2n) is 3.99. The summed E-state index contributed by atoms with van der Waals surface area (Å²) in [6.45, 7) is 0. The van der Waals surface area contributed by atoms with E-state index in [0.717, 1.165) is 0 Å². The molecule has 86 valence electrons. The third kappa shape index (κ3) is 1.50. The van der Waals surface area contributed by atoms with Gasteiger partial charge < -0.3 is 10.1 Å². The Kier molecular flexibility index (Phi) is 2.68. The van der Waals surface area contributed by atoms with E-state index in [1.807, 2.05) is 0 Å². The van der Waals surface area contributed by atoms with Crippen LogP contribution in [0.5, 0.6) is 0 Å². The van der Waals surface area contributed by atoms with Crippen molar-refractivity contribution in [2.45, 2.75) is 17.9 Å². The molecule has 1 aliphatic carbocycles. The summed E-state index contributed by atoms with van der Waals surface area (Å²) in [7, 11) is 3.04. The van der Waals surface area contributed by atoms with Crippen LogP contribution in [0.3, 0.4) is 0 Å². The Morgan fingerprint density at radius 3 is 2.81 bits per heavy atom. The van der Waals surface area contributed by atoms with Crippen LogP contribution in [0, 0.1) is 5.82 Å². The number of carbonyl (C=O) groups excluding carboxylic acids is 1. The first kappa shape index (κ1) is 11.1. The van der Waals surface area contributed by atoms with E-state index in [4.69, 9.17) is 4.74 Å². The fourth-order valence-electron chi connectivity index (χ4n) is 2.18. The highest BCUT2D eigenvalue weighted by Gasteiger charge is 2.61. The molecule has 0 heterocycles. The van der Waals surface area contributed by atoms with Gasteiger partial charge in [-0.15, -0.1) is 0 Å². The molecule has 0 spiro atoms. The molecule has 1 fully saturated rings. The smallest absolute Gasteiger partial charge is 0.326 e. The fourth-order valence-corrected chi connectivity index (χ4v) is 2.18. The van der Waals surface area contributed by atoms with Gasteiger partial charge in [0.1, 0.15) is 11.4 Å². The van der Waals surface area contributed by atoms with Crippen LogP contribution in [-0.4, -0.2) is 25.7 Å². The van der Waals surface area contributed by atoms with Crippen LogP contribution in [-0.2, 0) is 9.53 Å². The molecule has 1 saturated carbocycles. The van der Waals surface area contributed by atoms with Gasteiger partial charge in [0.15, 0.2) is 0 Å². The van der Waals surface area contributed by atoms with Gasteiger partial charge in [0.2, 0.25) is 0 Å². The van der Waals surface area contributed by atoms with E-state index in [0.29, 0.717) is 12.0 Å². The van der Waals surface area contributed by atoms with Gasteiger partial charge in [0.05, 0.1) is 7.11 Å². The van der Waals surface area contributed by atoms with E-state index >= 15 is 0 Å². The number of rotatable bonds is 3. The van der Waals surface area contributed by atoms with Crippen LogP contribution in [0.2, 0.25) is 0 Å². The number of ether oxygens (including phenoxy) is 1. The third-order valence-electron chi connectivity index (χ3n) is 3.24. The van der Waals surface area contributed by atoms with Crippen molar-refractivity contribution < 1.29 is 13.9 Å². The summed E-state index contributed by atoms with van der Waals surface area (Å²) in [5.74, 6) is -0.733. The molecule has 0 amide bonds. The Morgan fingerprint density at radius 2 is 2.25 bits per heavy atom. The minimum Gasteiger partial charge on any atom is -0.468 e. The van der Waals surface area contributed by atoms with Gasteiger partial charge in [-0.1, -0.05) is 18.2 Å². The van der Waals surface area contributed by atoms with Crippen molar-refractivity contribution >= 4 is 5.97 Å². The third-order valence-corrected chi connectivity index (χ3v) is 3.24. The predicted molar refractivity (Wildman–Crippen MR) is 57.6 cm³/mol. The average molecular weight is 223 g/mol. The van der Waals surface area contributed by atoms with Crippen molar-refractivity contribution in [1.29, 1.82) is 0 Å². The van der Waals surface area contributed by atoms with Crippen molar-refractivity contribution in [2.24, 2.45) is 0 Å². The maximum atomic E-state index is 13.5. The minimum atomic E-state index is -0.739. The maximum Gasteiger partial charge on any atom is 0.326 e. The number of carbonyl (C=O) groups is 1. The Labute approximate surface area is 93.6 Å². The van der Waals surface area contributed by atoms with Gasteiger partial charge in [-0.25, -0.2) is 4.39 Å². The molecule has 1 aromatic carbocycles. The van der Waals surface area contributed by atoms with Crippen LogP contribution in [0.4, 0.5) is 4.39 Å². The lowest BCUT2D eigenvalue weighted by molar-refractivity contribution is -0.144. The first-order chi connectivity index (χ1) is 7.65.